The molecule has 2 nitrogen and oxygen atoms in total. The summed E-state index contributed by atoms with van der Waals surface area (Å²) in [6.45, 7) is 1.85. The van der Waals surface area contributed by atoms with Crippen molar-refractivity contribution < 1.29 is 4.39 Å². The third kappa shape index (κ3) is 2.06. The van der Waals surface area contributed by atoms with Gasteiger partial charge in [-0.05, 0) is 41.1 Å². The molecular formula is C10H7BrClFN2. The summed E-state index contributed by atoms with van der Waals surface area (Å²) in [5.41, 5.74) is 1.51. The Morgan fingerprint density at radius 1 is 1.47 bits per heavy atom. The van der Waals surface area contributed by atoms with Crippen LogP contribution in [-0.2, 0) is 0 Å². The van der Waals surface area contributed by atoms with Crippen LogP contribution in [0, 0.1) is 12.7 Å². The topological polar surface area (TPSA) is 28.7 Å². The molecule has 0 amide bonds. The van der Waals surface area contributed by atoms with Gasteiger partial charge in [0.25, 0.3) is 0 Å². The van der Waals surface area contributed by atoms with Crippen LogP contribution in [0.15, 0.2) is 22.8 Å². The quantitative estimate of drug-likeness (QED) is 0.846. The summed E-state index contributed by atoms with van der Waals surface area (Å²) in [5, 5.41) is 0.0973. The Bertz CT molecular complexity index is 510. The molecule has 0 radical (unpaired) electrons. The summed E-state index contributed by atoms with van der Waals surface area (Å²) in [7, 11) is 0. The van der Waals surface area contributed by atoms with Gasteiger partial charge in [0.05, 0.1) is 5.02 Å². The zero-order valence-electron chi connectivity index (χ0n) is 7.81. The standard InChI is InChI=1S/C10H7BrClFN2/c1-5-14-9(10(11)15-5)6-2-3-8(13)7(12)4-6/h2-4H,1H3,(H,14,15). The SMILES string of the molecule is Cc1nc(-c2ccc(F)c(Cl)c2)c(Br)[nH]1. The van der Waals surface area contributed by atoms with E-state index in [2.05, 4.69) is 25.9 Å². The molecule has 1 aromatic heterocycles. The van der Waals surface area contributed by atoms with Crippen molar-refractivity contribution in [2.75, 3.05) is 0 Å². The fraction of sp³-hybridized carbons (Fsp3) is 0.100. The lowest BCUT2D eigenvalue weighted by atomic mass is 10.2. The highest BCUT2D eigenvalue weighted by molar-refractivity contribution is 9.10. The van der Waals surface area contributed by atoms with Gasteiger partial charge in [0.15, 0.2) is 0 Å². The summed E-state index contributed by atoms with van der Waals surface area (Å²) >= 11 is 9.04. The van der Waals surface area contributed by atoms with E-state index in [1.54, 1.807) is 12.1 Å². The van der Waals surface area contributed by atoms with E-state index in [1.807, 2.05) is 6.92 Å². The lowest BCUT2D eigenvalue weighted by Gasteiger charge is -1.99. The Labute approximate surface area is 99.6 Å². The first kappa shape index (κ1) is 10.6. The minimum Gasteiger partial charge on any atom is -0.336 e. The highest BCUT2D eigenvalue weighted by Crippen LogP contribution is 2.28. The maximum atomic E-state index is 12.9. The van der Waals surface area contributed by atoms with Gasteiger partial charge >= 0.3 is 0 Å². The molecule has 2 aromatic rings. The van der Waals surface area contributed by atoms with Gasteiger partial charge in [0.1, 0.15) is 21.9 Å². The van der Waals surface area contributed by atoms with Crippen molar-refractivity contribution in [3.05, 3.63) is 39.5 Å². The fourth-order valence-corrected chi connectivity index (χ4v) is 2.08. The van der Waals surface area contributed by atoms with Crippen molar-refractivity contribution in [1.82, 2.24) is 9.97 Å². The maximum Gasteiger partial charge on any atom is 0.141 e. The van der Waals surface area contributed by atoms with Crippen LogP contribution in [-0.4, -0.2) is 9.97 Å². The summed E-state index contributed by atoms with van der Waals surface area (Å²) < 4.78 is 13.7. The molecule has 0 spiro atoms. The molecule has 0 unspecified atom stereocenters. The normalized spacial score (nSPS) is 10.7. The average Bonchev–Trinajstić information content (AvgIpc) is 2.50. The van der Waals surface area contributed by atoms with E-state index in [1.165, 1.54) is 6.07 Å². The van der Waals surface area contributed by atoms with Crippen molar-refractivity contribution >= 4 is 27.5 Å². The minimum atomic E-state index is -0.427. The Morgan fingerprint density at radius 3 is 2.73 bits per heavy atom. The largest absolute Gasteiger partial charge is 0.336 e. The Morgan fingerprint density at radius 2 is 2.20 bits per heavy atom. The van der Waals surface area contributed by atoms with Gasteiger partial charge in [-0.15, -0.1) is 0 Å². The molecule has 0 saturated heterocycles. The van der Waals surface area contributed by atoms with E-state index in [-0.39, 0.29) is 5.02 Å². The van der Waals surface area contributed by atoms with E-state index in [0.717, 1.165) is 21.7 Å². The molecule has 0 saturated carbocycles. The zero-order chi connectivity index (χ0) is 11.0. The van der Waals surface area contributed by atoms with Crippen molar-refractivity contribution in [3.63, 3.8) is 0 Å². The summed E-state index contributed by atoms with van der Waals surface area (Å²) in [5.74, 6) is 0.362. The number of aryl methyl sites for hydroxylation is 1. The van der Waals surface area contributed by atoms with Crippen LogP contribution in [0.4, 0.5) is 4.39 Å². The highest BCUT2D eigenvalue weighted by Gasteiger charge is 2.09. The number of hydrogen-bond donors (Lipinski definition) is 1. The number of rotatable bonds is 1. The molecule has 78 valence electrons. The van der Waals surface area contributed by atoms with Crippen LogP contribution in [0.1, 0.15) is 5.82 Å². The Balaban J connectivity index is 2.54. The van der Waals surface area contributed by atoms with E-state index >= 15 is 0 Å². The second-order valence-corrected chi connectivity index (χ2v) is 4.31. The van der Waals surface area contributed by atoms with Crippen LogP contribution < -0.4 is 0 Å². The Kier molecular flexibility index (Phi) is 2.80. The zero-order valence-corrected chi connectivity index (χ0v) is 10.2. The molecule has 0 bridgehead atoms. The summed E-state index contributed by atoms with van der Waals surface area (Å²) in [6.07, 6.45) is 0. The van der Waals surface area contributed by atoms with Gasteiger partial charge in [-0.25, -0.2) is 9.37 Å². The van der Waals surface area contributed by atoms with Crippen LogP contribution in [0.25, 0.3) is 11.3 Å². The first-order valence-electron chi connectivity index (χ1n) is 4.25. The van der Waals surface area contributed by atoms with Crippen molar-refractivity contribution in [3.8, 4) is 11.3 Å². The van der Waals surface area contributed by atoms with Crippen molar-refractivity contribution in [2.24, 2.45) is 0 Å². The number of nitrogens with zero attached hydrogens (tertiary/aromatic N) is 1. The molecular weight excluding hydrogens is 282 g/mol. The monoisotopic (exact) mass is 288 g/mol. The lowest BCUT2D eigenvalue weighted by molar-refractivity contribution is 0.628. The molecule has 1 N–H and O–H groups in total. The third-order valence-electron chi connectivity index (χ3n) is 1.97. The molecule has 0 aliphatic heterocycles. The average molecular weight is 290 g/mol. The Hall–Kier alpha value is -0.870. The molecule has 15 heavy (non-hydrogen) atoms. The van der Waals surface area contributed by atoms with E-state index in [9.17, 15) is 4.39 Å². The number of aromatic amines is 1. The van der Waals surface area contributed by atoms with Gasteiger partial charge in [0, 0.05) is 5.56 Å². The molecule has 0 aliphatic rings. The van der Waals surface area contributed by atoms with Crippen molar-refractivity contribution in [1.29, 1.82) is 0 Å². The minimum absolute atomic E-state index is 0.0973. The number of H-pyrrole nitrogens is 1. The van der Waals surface area contributed by atoms with Crippen molar-refractivity contribution in [2.45, 2.75) is 6.92 Å². The smallest absolute Gasteiger partial charge is 0.141 e. The predicted octanol–water partition coefficient (Wildman–Crippen LogP) is 3.94. The maximum absolute atomic E-state index is 12.9. The molecule has 0 fully saturated rings. The lowest BCUT2D eigenvalue weighted by Crippen LogP contribution is -1.82. The predicted molar refractivity (Wildman–Crippen MR) is 61.4 cm³/mol. The number of halogens is 3. The molecule has 2 rings (SSSR count). The summed E-state index contributed by atoms with van der Waals surface area (Å²) in [6, 6.07) is 4.52. The number of imidazole rings is 1. The van der Waals surface area contributed by atoms with E-state index < -0.39 is 5.82 Å². The van der Waals surface area contributed by atoms with Gasteiger partial charge in [-0.3, -0.25) is 0 Å². The van der Waals surface area contributed by atoms with Crippen LogP contribution in [0.5, 0.6) is 0 Å². The van der Waals surface area contributed by atoms with Gasteiger partial charge in [0.2, 0.25) is 0 Å². The van der Waals surface area contributed by atoms with Crippen LogP contribution >= 0.6 is 27.5 Å². The first-order valence-corrected chi connectivity index (χ1v) is 5.42. The highest BCUT2D eigenvalue weighted by atomic mass is 79.9. The number of hydrogen-bond acceptors (Lipinski definition) is 1. The van der Waals surface area contributed by atoms with Crippen LogP contribution in [0.2, 0.25) is 5.02 Å². The van der Waals surface area contributed by atoms with Gasteiger partial charge in [-0.2, -0.15) is 0 Å². The molecule has 0 aliphatic carbocycles. The number of benzene rings is 1. The molecule has 1 aromatic carbocycles. The second kappa shape index (κ2) is 3.94. The fourth-order valence-electron chi connectivity index (χ4n) is 1.30. The second-order valence-electron chi connectivity index (χ2n) is 3.11. The third-order valence-corrected chi connectivity index (χ3v) is 2.83. The van der Waals surface area contributed by atoms with Crippen LogP contribution in [0.3, 0.4) is 0 Å². The van der Waals surface area contributed by atoms with E-state index in [4.69, 9.17) is 11.6 Å². The number of nitrogens with one attached hydrogen (secondary N) is 1. The van der Waals surface area contributed by atoms with Gasteiger partial charge < -0.3 is 4.98 Å². The molecule has 1 heterocycles. The molecule has 5 heteroatoms. The summed E-state index contributed by atoms with van der Waals surface area (Å²) in [4.78, 5) is 7.28. The van der Waals surface area contributed by atoms with Gasteiger partial charge in [-0.1, -0.05) is 11.6 Å². The van der Waals surface area contributed by atoms with E-state index in [0.29, 0.717) is 0 Å². The number of aromatic nitrogens is 2. The molecule has 0 atom stereocenters. The first-order chi connectivity index (χ1) is 7.08.